The molecule has 8 heteroatoms. The lowest BCUT2D eigenvalue weighted by molar-refractivity contribution is -0.119. The molecule has 0 unspecified atom stereocenters. The average Bonchev–Trinajstić information content (AvgIpc) is 2.97. The largest absolute Gasteiger partial charge is 0.374 e. The Kier molecular flexibility index (Phi) is 4.56. The number of nitrogen functional groups attached to an aromatic ring is 1. The molecule has 0 saturated heterocycles. The molecule has 5 nitrogen and oxygen atoms in total. The van der Waals surface area contributed by atoms with Gasteiger partial charge in [-0.1, -0.05) is 29.2 Å². The van der Waals surface area contributed by atoms with Crippen LogP contribution in [0.3, 0.4) is 0 Å². The number of thiophene rings is 1. The highest BCUT2D eigenvalue weighted by molar-refractivity contribution is 8.01. The van der Waals surface area contributed by atoms with E-state index in [1.165, 1.54) is 23.1 Å². The quantitative estimate of drug-likeness (QED) is 0.827. The molecule has 2 aromatic heterocycles. The maximum atomic E-state index is 11.7. The molecule has 2 aromatic rings. The van der Waals surface area contributed by atoms with Crippen LogP contribution in [-0.4, -0.2) is 21.9 Å². The molecule has 1 atom stereocenters. The monoisotopic (exact) mass is 300 g/mol. The average molecular weight is 300 g/mol. The minimum atomic E-state index is -0.0188. The topological polar surface area (TPSA) is 80.9 Å². The van der Waals surface area contributed by atoms with Crippen LogP contribution in [0.2, 0.25) is 0 Å². The molecule has 0 aromatic carbocycles. The van der Waals surface area contributed by atoms with Gasteiger partial charge < -0.3 is 11.1 Å². The van der Waals surface area contributed by atoms with E-state index >= 15 is 0 Å². The standard InChI is InChI=1S/C10H12N4OS3/c1-6(7-3-2-4-16-7)12-8(15)5-17-10-14-13-9(11)18-10/h2-4,6H,5H2,1H3,(H2,11,13)(H,12,15)/t6-/m1/s1. The Labute approximate surface area is 117 Å². The lowest BCUT2D eigenvalue weighted by atomic mass is 10.3. The van der Waals surface area contributed by atoms with E-state index in [-0.39, 0.29) is 11.9 Å². The summed E-state index contributed by atoms with van der Waals surface area (Å²) in [5.74, 6) is 0.305. The first-order chi connectivity index (χ1) is 8.65. The van der Waals surface area contributed by atoms with Crippen molar-refractivity contribution in [3.63, 3.8) is 0 Å². The summed E-state index contributed by atoms with van der Waals surface area (Å²) in [4.78, 5) is 12.9. The number of carbonyl (C=O) groups excluding carboxylic acids is 1. The number of carbonyl (C=O) groups is 1. The van der Waals surface area contributed by atoms with Crippen LogP contribution in [0.25, 0.3) is 0 Å². The highest BCUT2D eigenvalue weighted by Gasteiger charge is 2.11. The number of hydrogen-bond donors (Lipinski definition) is 2. The van der Waals surface area contributed by atoms with Crippen LogP contribution >= 0.6 is 34.4 Å². The summed E-state index contributed by atoms with van der Waals surface area (Å²) in [6.45, 7) is 1.97. The number of amides is 1. The van der Waals surface area contributed by atoms with Gasteiger partial charge in [0.25, 0.3) is 0 Å². The molecule has 0 spiro atoms. The van der Waals surface area contributed by atoms with Gasteiger partial charge in [-0.15, -0.1) is 21.5 Å². The summed E-state index contributed by atoms with van der Waals surface area (Å²) < 4.78 is 0.714. The summed E-state index contributed by atoms with van der Waals surface area (Å²) in [6.07, 6.45) is 0. The van der Waals surface area contributed by atoms with E-state index < -0.39 is 0 Å². The van der Waals surface area contributed by atoms with Crippen LogP contribution in [0.5, 0.6) is 0 Å². The van der Waals surface area contributed by atoms with Gasteiger partial charge in [0.05, 0.1) is 11.8 Å². The Balaban J connectivity index is 1.78. The zero-order valence-electron chi connectivity index (χ0n) is 9.62. The van der Waals surface area contributed by atoms with Crippen molar-refractivity contribution in [2.75, 3.05) is 11.5 Å². The third kappa shape index (κ3) is 3.69. The van der Waals surface area contributed by atoms with Crippen molar-refractivity contribution in [3.05, 3.63) is 22.4 Å². The molecule has 3 N–H and O–H groups in total. The maximum Gasteiger partial charge on any atom is 0.230 e. The molecule has 0 radical (unpaired) electrons. The molecule has 0 saturated carbocycles. The third-order valence-electron chi connectivity index (χ3n) is 2.10. The second-order valence-electron chi connectivity index (χ2n) is 3.50. The van der Waals surface area contributed by atoms with E-state index in [0.717, 1.165) is 4.88 Å². The smallest absolute Gasteiger partial charge is 0.230 e. The summed E-state index contributed by atoms with van der Waals surface area (Å²) in [6, 6.07) is 4.02. The Morgan fingerprint density at radius 1 is 1.61 bits per heavy atom. The number of anilines is 1. The van der Waals surface area contributed by atoms with Crippen LogP contribution in [0.15, 0.2) is 21.9 Å². The second kappa shape index (κ2) is 6.17. The van der Waals surface area contributed by atoms with Crippen LogP contribution in [-0.2, 0) is 4.79 Å². The molecule has 0 aliphatic heterocycles. The van der Waals surface area contributed by atoms with Crippen molar-refractivity contribution in [3.8, 4) is 0 Å². The predicted octanol–water partition coefficient (Wildman–Crippen LogP) is 2.15. The molecular weight excluding hydrogens is 288 g/mol. The van der Waals surface area contributed by atoms with Crippen molar-refractivity contribution in [2.45, 2.75) is 17.3 Å². The van der Waals surface area contributed by atoms with Crippen LogP contribution in [0.4, 0.5) is 5.13 Å². The zero-order chi connectivity index (χ0) is 13.0. The molecule has 0 aliphatic rings. The Morgan fingerprint density at radius 2 is 2.44 bits per heavy atom. The minimum Gasteiger partial charge on any atom is -0.374 e. The number of nitrogens with one attached hydrogen (secondary N) is 1. The van der Waals surface area contributed by atoms with Crippen LogP contribution in [0, 0.1) is 0 Å². The van der Waals surface area contributed by atoms with Gasteiger partial charge in [0.15, 0.2) is 4.34 Å². The van der Waals surface area contributed by atoms with E-state index in [1.54, 1.807) is 11.3 Å². The van der Waals surface area contributed by atoms with Crippen LogP contribution < -0.4 is 11.1 Å². The molecule has 2 rings (SSSR count). The number of nitrogens with two attached hydrogens (primary N) is 1. The van der Waals surface area contributed by atoms with Gasteiger partial charge in [0.1, 0.15) is 0 Å². The highest BCUT2D eigenvalue weighted by Crippen LogP contribution is 2.23. The molecule has 1 amide bonds. The number of rotatable bonds is 5. The van der Waals surface area contributed by atoms with Gasteiger partial charge in [-0.2, -0.15) is 0 Å². The fraction of sp³-hybridized carbons (Fsp3) is 0.300. The Hall–Kier alpha value is -1.12. The predicted molar refractivity (Wildman–Crippen MR) is 75.9 cm³/mol. The SMILES string of the molecule is C[C@@H](NC(=O)CSc1nnc(N)s1)c1cccs1. The van der Waals surface area contributed by atoms with Gasteiger partial charge in [-0.3, -0.25) is 4.79 Å². The van der Waals surface area contributed by atoms with Gasteiger partial charge in [0, 0.05) is 4.88 Å². The highest BCUT2D eigenvalue weighted by atomic mass is 32.2. The summed E-state index contributed by atoms with van der Waals surface area (Å²) in [5, 5.41) is 12.9. The van der Waals surface area contributed by atoms with E-state index in [2.05, 4.69) is 15.5 Å². The van der Waals surface area contributed by atoms with Crippen LogP contribution in [0.1, 0.15) is 17.8 Å². The first-order valence-electron chi connectivity index (χ1n) is 5.19. The van der Waals surface area contributed by atoms with Crippen molar-refractivity contribution in [1.29, 1.82) is 0 Å². The lowest BCUT2D eigenvalue weighted by Crippen LogP contribution is -2.27. The number of hydrogen-bond acceptors (Lipinski definition) is 7. The molecule has 0 bridgehead atoms. The lowest BCUT2D eigenvalue weighted by Gasteiger charge is -2.11. The van der Waals surface area contributed by atoms with Gasteiger partial charge in [-0.25, -0.2) is 0 Å². The van der Waals surface area contributed by atoms with E-state index in [0.29, 0.717) is 15.2 Å². The summed E-state index contributed by atoms with van der Waals surface area (Å²) in [7, 11) is 0. The molecule has 0 fully saturated rings. The fourth-order valence-corrected chi connectivity index (χ4v) is 3.48. The summed E-state index contributed by atoms with van der Waals surface area (Å²) >= 11 is 4.26. The fourth-order valence-electron chi connectivity index (χ4n) is 1.30. The first-order valence-corrected chi connectivity index (χ1v) is 7.88. The first kappa shape index (κ1) is 13.3. The minimum absolute atomic E-state index is 0.0188. The molecule has 0 aliphatic carbocycles. The van der Waals surface area contributed by atoms with E-state index in [9.17, 15) is 4.79 Å². The maximum absolute atomic E-state index is 11.7. The second-order valence-corrected chi connectivity index (χ2v) is 6.71. The number of thioether (sulfide) groups is 1. The summed E-state index contributed by atoms with van der Waals surface area (Å²) in [5.41, 5.74) is 5.46. The zero-order valence-corrected chi connectivity index (χ0v) is 12.1. The van der Waals surface area contributed by atoms with Gasteiger partial charge in [0.2, 0.25) is 11.0 Å². The molecule has 96 valence electrons. The number of nitrogens with zero attached hydrogens (tertiary/aromatic N) is 2. The van der Waals surface area contributed by atoms with Crippen molar-refractivity contribution in [2.24, 2.45) is 0 Å². The normalized spacial score (nSPS) is 12.3. The third-order valence-corrected chi connectivity index (χ3v) is 5.04. The van der Waals surface area contributed by atoms with Gasteiger partial charge >= 0.3 is 0 Å². The molecule has 18 heavy (non-hydrogen) atoms. The molecular formula is C10H12N4OS3. The van der Waals surface area contributed by atoms with E-state index in [4.69, 9.17) is 5.73 Å². The van der Waals surface area contributed by atoms with Crippen molar-refractivity contribution >= 4 is 45.5 Å². The molecule has 2 heterocycles. The van der Waals surface area contributed by atoms with Gasteiger partial charge in [-0.05, 0) is 18.4 Å². The van der Waals surface area contributed by atoms with Crippen molar-refractivity contribution in [1.82, 2.24) is 15.5 Å². The Bertz CT molecular complexity index is 511. The Morgan fingerprint density at radius 3 is 3.06 bits per heavy atom. The number of aromatic nitrogens is 2. The van der Waals surface area contributed by atoms with E-state index in [1.807, 2.05) is 24.4 Å². The van der Waals surface area contributed by atoms with Crippen molar-refractivity contribution < 1.29 is 4.79 Å².